The lowest BCUT2D eigenvalue weighted by Gasteiger charge is -2.25. The van der Waals surface area contributed by atoms with Gasteiger partial charge in [-0.05, 0) is 62.7 Å². The lowest BCUT2D eigenvalue weighted by Crippen LogP contribution is -2.40. The maximum atomic E-state index is 14.0. The smallest absolute Gasteiger partial charge is 0.343 e. The molecule has 5 rings (SSSR count). The highest BCUT2D eigenvalue weighted by molar-refractivity contribution is 9.10. The van der Waals surface area contributed by atoms with Crippen LogP contribution in [0.2, 0.25) is 0 Å². The summed E-state index contributed by atoms with van der Waals surface area (Å²) in [5, 5.41) is 11.7. The minimum Gasteiger partial charge on any atom is -0.490 e. The van der Waals surface area contributed by atoms with Crippen LogP contribution in [0.25, 0.3) is 17.4 Å². The number of ether oxygens (including phenoxy) is 4. The molecule has 0 saturated heterocycles. The van der Waals surface area contributed by atoms with Gasteiger partial charge in [-0.25, -0.2) is 14.6 Å². The van der Waals surface area contributed by atoms with Crippen molar-refractivity contribution in [3.63, 3.8) is 0 Å². The normalized spacial score (nSPS) is 14.3. The second-order valence-electron chi connectivity index (χ2n) is 9.93. The van der Waals surface area contributed by atoms with Gasteiger partial charge in [0.1, 0.15) is 11.5 Å². The molecule has 47 heavy (non-hydrogen) atoms. The zero-order valence-corrected chi connectivity index (χ0v) is 28.0. The summed E-state index contributed by atoms with van der Waals surface area (Å²) in [5.41, 5.74) is 0.719. The molecule has 15 heteroatoms. The van der Waals surface area contributed by atoms with E-state index in [1.54, 1.807) is 63.2 Å². The van der Waals surface area contributed by atoms with Crippen molar-refractivity contribution >= 4 is 51.0 Å². The minimum absolute atomic E-state index is 0.106. The largest absolute Gasteiger partial charge is 0.490 e. The van der Waals surface area contributed by atoms with E-state index in [0.717, 1.165) is 11.3 Å². The molecule has 0 bridgehead atoms. The summed E-state index contributed by atoms with van der Waals surface area (Å²) in [6, 6.07) is 11.8. The Balaban J connectivity index is 1.62. The van der Waals surface area contributed by atoms with Gasteiger partial charge < -0.3 is 23.4 Å². The van der Waals surface area contributed by atoms with Crippen LogP contribution in [0.4, 0.5) is 5.69 Å². The van der Waals surface area contributed by atoms with Crippen molar-refractivity contribution in [3.05, 3.63) is 105 Å². The summed E-state index contributed by atoms with van der Waals surface area (Å²) in [7, 11) is 1.25. The monoisotopic (exact) mass is 725 g/mol. The highest BCUT2D eigenvalue weighted by Crippen LogP contribution is 2.37. The van der Waals surface area contributed by atoms with Gasteiger partial charge in [0.05, 0.1) is 52.7 Å². The van der Waals surface area contributed by atoms with E-state index in [-0.39, 0.29) is 58.4 Å². The topological polar surface area (TPSA) is 162 Å². The minimum atomic E-state index is -0.945. The molecule has 4 aromatic rings. The Kier molecular flexibility index (Phi) is 10.1. The van der Waals surface area contributed by atoms with Crippen LogP contribution in [0.15, 0.2) is 78.5 Å². The number of carbonyl (C=O) groups is 2. The zero-order chi connectivity index (χ0) is 33.8. The first kappa shape index (κ1) is 33.3. The van der Waals surface area contributed by atoms with Gasteiger partial charge in [0.2, 0.25) is 0 Å². The van der Waals surface area contributed by atoms with Gasteiger partial charge in [0.15, 0.2) is 22.9 Å². The van der Waals surface area contributed by atoms with Crippen molar-refractivity contribution in [2.24, 2.45) is 4.99 Å². The Morgan fingerprint density at radius 1 is 1.11 bits per heavy atom. The SMILES string of the molecule is CCOC(=O)C1=C(C)N=c2s/c(=C/c3ccc(-c4ccc(Br)cc4[N+](=O)[O-])o3)c(=O)n2[C@H]1c1ccc(OCC(=O)OC)c(OCC)c1. The highest BCUT2D eigenvalue weighted by Gasteiger charge is 2.34. The molecular formula is C32H28BrN3O10S. The first-order valence-corrected chi connectivity index (χ1v) is 15.9. The number of thiazole rings is 1. The van der Waals surface area contributed by atoms with Gasteiger partial charge in [-0.15, -0.1) is 0 Å². The van der Waals surface area contributed by atoms with Crippen LogP contribution in [0.5, 0.6) is 11.5 Å². The number of hydrogen-bond acceptors (Lipinski definition) is 12. The fraction of sp³-hybridized carbons (Fsp3) is 0.250. The predicted octanol–water partition coefficient (Wildman–Crippen LogP) is 4.68. The van der Waals surface area contributed by atoms with Crippen LogP contribution in [-0.2, 0) is 19.1 Å². The quantitative estimate of drug-likeness (QED) is 0.121. The van der Waals surface area contributed by atoms with E-state index in [4.69, 9.17) is 18.6 Å². The predicted molar refractivity (Wildman–Crippen MR) is 174 cm³/mol. The van der Waals surface area contributed by atoms with Crippen molar-refractivity contribution in [1.82, 2.24) is 4.57 Å². The van der Waals surface area contributed by atoms with Crippen molar-refractivity contribution in [3.8, 4) is 22.8 Å². The summed E-state index contributed by atoms with van der Waals surface area (Å²) in [6.45, 7) is 5.16. The molecule has 2 aromatic carbocycles. The molecular weight excluding hydrogens is 698 g/mol. The van der Waals surface area contributed by atoms with Crippen LogP contribution in [0.3, 0.4) is 0 Å². The summed E-state index contributed by atoms with van der Waals surface area (Å²) >= 11 is 4.34. The number of nitro benzene ring substituents is 1. The Morgan fingerprint density at radius 2 is 1.89 bits per heavy atom. The third-order valence-electron chi connectivity index (χ3n) is 7.00. The van der Waals surface area contributed by atoms with Gasteiger partial charge in [0, 0.05) is 16.6 Å². The number of nitro groups is 1. The third-order valence-corrected chi connectivity index (χ3v) is 8.47. The molecule has 1 aliphatic heterocycles. The Hall–Kier alpha value is -5.02. The fourth-order valence-corrected chi connectivity index (χ4v) is 6.33. The zero-order valence-electron chi connectivity index (χ0n) is 25.6. The number of halogens is 1. The van der Waals surface area contributed by atoms with Crippen LogP contribution >= 0.6 is 27.3 Å². The Labute approximate surface area is 279 Å². The van der Waals surface area contributed by atoms with Crippen molar-refractivity contribution in [1.29, 1.82) is 0 Å². The number of furan rings is 1. The number of rotatable bonds is 11. The second-order valence-corrected chi connectivity index (χ2v) is 11.9. The summed E-state index contributed by atoms with van der Waals surface area (Å²) in [4.78, 5) is 55.1. The maximum absolute atomic E-state index is 14.0. The number of hydrogen-bond donors (Lipinski definition) is 0. The molecule has 0 aliphatic carbocycles. The fourth-order valence-electron chi connectivity index (χ4n) is 4.95. The molecule has 0 spiro atoms. The second kappa shape index (κ2) is 14.2. The molecule has 0 N–H and O–H groups in total. The molecule has 244 valence electrons. The lowest BCUT2D eigenvalue weighted by molar-refractivity contribution is -0.384. The van der Waals surface area contributed by atoms with E-state index in [1.165, 1.54) is 23.8 Å². The molecule has 3 heterocycles. The van der Waals surface area contributed by atoms with E-state index in [9.17, 15) is 24.5 Å². The summed E-state index contributed by atoms with van der Waals surface area (Å²) in [6.07, 6.45) is 1.52. The molecule has 0 unspecified atom stereocenters. The van der Waals surface area contributed by atoms with Crippen LogP contribution < -0.4 is 24.4 Å². The summed E-state index contributed by atoms with van der Waals surface area (Å²) < 4.78 is 29.5. The molecule has 1 atom stereocenters. The first-order chi connectivity index (χ1) is 22.6. The summed E-state index contributed by atoms with van der Waals surface area (Å²) in [5.74, 6) is -0.120. The van der Waals surface area contributed by atoms with E-state index in [0.29, 0.717) is 26.3 Å². The number of aromatic nitrogens is 1. The van der Waals surface area contributed by atoms with Gasteiger partial charge >= 0.3 is 11.9 Å². The number of methoxy groups -OCH3 is 1. The Morgan fingerprint density at radius 3 is 2.60 bits per heavy atom. The molecule has 0 fully saturated rings. The number of benzene rings is 2. The van der Waals surface area contributed by atoms with Crippen LogP contribution in [-0.4, -0.2) is 48.4 Å². The average molecular weight is 727 g/mol. The van der Waals surface area contributed by atoms with Gasteiger partial charge in [0.25, 0.3) is 11.2 Å². The number of allylic oxidation sites excluding steroid dienone is 1. The third kappa shape index (κ3) is 6.90. The van der Waals surface area contributed by atoms with Crippen molar-refractivity contribution in [2.45, 2.75) is 26.8 Å². The highest BCUT2D eigenvalue weighted by atomic mass is 79.9. The van der Waals surface area contributed by atoms with E-state index < -0.39 is 28.5 Å². The number of esters is 2. The van der Waals surface area contributed by atoms with Crippen LogP contribution in [0, 0.1) is 10.1 Å². The van der Waals surface area contributed by atoms with Crippen LogP contribution in [0.1, 0.15) is 38.1 Å². The number of nitrogens with zero attached hydrogens (tertiary/aromatic N) is 3. The molecule has 0 saturated carbocycles. The molecule has 1 aliphatic rings. The lowest BCUT2D eigenvalue weighted by atomic mass is 9.95. The number of fused-ring (bicyclic) bond motifs is 1. The van der Waals surface area contributed by atoms with E-state index in [2.05, 4.69) is 25.7 Å². The van der Waals surface area contributed by atoms with Gasteiger partial charge in [-0.2, -0.15) is 0 Å². The number of carbonyl (C=O) groups excluding carboxylic acids is 2. The van der Waals surface area contributed by atoms with Crippen molar-refractivity contribution in [2.75, 3.05) is 26.9 Å². The van der Waals surface area contributed by atoms with E-state index in [1.807, 2.05) is 0 Å². The molecule has 2 aromatic heterocycles. The van der Waals surface area contributed by atoms with Crippen molar-refractivity contribution < 1.29 is 37.9 Å². The maximum Gasteiger partial charge on any atom is 0.343 e. The van der Waals surface area contributed by atoms with Gasteiger partial charge in [-0.3, -0.25) is 19.5 Å². The van der Waals surface area contributed by atoms with Gasteiger partial charge in [-0.1, -0.05) is 33.3 Å². The Bertz CT molecular complexity index is 2100. The molecule has 13 nitrogen and oxygen atoms in total. The van der Waals surface area contributed by atoms with E-state index >= 15 is 0 Å². The standard InChI is InChI=1S/C32H28BrN3O10S/c1-5-43-25-13-18(7-11-24(25)45-16-27(37)42-4)29-28(31(39)44-6-2)17(3)34-32-35(29)30(38)26(47-32)15-20-9-12-23(46-20)21-10-8-19(33)14-22(21)36(40)41/h7-15,29H,5-6,16H2,1-4H3/b26-15+/t29-/m0/s1. The average Bonchev–Trinajstić information content (AvgIpc) is 3.63. The molecule has 0 radical (unpaired) electrons. The first-order valence-electron chi connectivity index (χ1n) is 14.3. The molecule has 0 amide bonds.